The molecule has 28 heavy (non-hydrogen) atoms. The molecule has 144 valence electrons. The average molecular weight is 397 g/mol. The van der Waals surface area contributed by atoms with E-state index in [1.54, 1.807) is 0 Å². The van der Waals surface area contributed by atoms with E-state index in [1.165, 1.54) is 0 Å². The molecule has 0 saturated carbocycles. The lowest BCUT2D eigenvalue weighted by Gasteiger charge is -2.44. The summed E-state index contributed by atoms with van der Waals surface area (Å²) >= 11 is 6.41. The number of likely N-dealkylation sites (N-methyl/N-ethyl adjacent to an activating group) is 1. The Bertz CT molecular complexity index is 1090. The van der Waals surface area contributed by atoms with E-state index in [2.05, 4.69) is 16.9 Å². The fourth-order valence-electron chi connectivity index (χ4n) is 4.06. The molecule has 2 aliphatic rings. The number of fused-ring (bicyclic) bond motifs is 1. The maximum Gasteiger partial charge on any atom is 0.237 e. The first kappa shape index (κ1) is 17.5. The molecule has 0 amide bonds. The third-order valence-electron chi connectivity index (χ3n) is 5.15. The Kier molecular flexibility index (Phi) is 4.07. The number of para-hydroxylation sites is 1. The Morgan fingerprint density at radius 1 is 1.21 bits per heavy atom. The Hall–Kier alpha value is -2.57. The fourth-order valence-corrected chi connectivity index (χ4v) is 4.27. The average Bonchev–Trinajstić information content (AvgIpc) is 3.26. The van der Waals surface area contributed by atoms with Crippen molar-refractivity contribution < 1.29 is 9.47 Å². The molecule has 0 N–H and O–H groups in total. The first-order valence-electron chi connectivity index (χ1n) is 9.40. The summed E-state index contributed by atoms with van der Waals surface area (Å²) in [4.78, 5) is 11.7. The molecule has 2 aromatic heterocycles. The van der Waals surface area contributed by atoms with Crippen LogP contribution in [0.1, 0.15) is 12.6 Å². The molecule has 0 bridgehead atoms. The molecule has 4 heterocycles. The second-order valence-electron chi connectivity index (χ2n) is 7.44. The highest BCUT2D eigenvalue weighted by atomic mass is 35.5. The summed E-state index contributed by atoms with van der Waals surface area (Å²) in [6, 6.07) is 9.85. The first-order chi connectivity index (χ1) is 13.6. The predicted molar refractivity (Wildman–Crippen MR) is 110 cm³/mol. The van der Waals surface area contributed by atoms with Crippen molar-refractivity contribution in [3.05, 3.63) is 53.4 Å². The molecule has 1 spiro atoms. The van der Waals surface area contributed by atoms with E-state index in [-0.39, 0.29) is 5.60 Å². The smallest absolute Gasteiger partial charge is 0.237 e. The Labute approximate surface area is 168 Å². The molecule has 7 heteroatoms. The number of rotatable bonds is 4. The minimum atomic E-state index is -0.179. The van der Waals surface area contributed by atoms with Gasteiger partial charge in [-0.1, -0.05) is 29.8 Å². The predicted octanol–water partition coefficient (Wildman–Crippen LogP) is 3.51. The Morgan fingerprint density at radius 2 is 2.04 bits per heavy atom. The van der Waals surface area contributed by atoms with E-state index in [1.807, 2.05) is 54.0 Å². The molecule has 0 aliphatic carbocycles. The fraction of sp³-hybridized carbons (Fsp3) is 0.333. The van der Waals surface area contributed by atoms with E-state index < -0.39 is 0 Å². The van der Waals surface area contributed by atoms with Crippen molar-refractivity contribution in [1.82, 2.24) is 14.3 Å². The summed E-state index contributed by atoms with van der Waals surface area (Å²) in [7, 11) is 2.08. The normalized spacial score (nSPS) is 18.2. The lowest BCUT2D eigenvalue weighted by Crippen LogP contribution is -2.62. The summed E-state index contributed by atoms with van der Waals surface area (Å²) < 4.78 is 13.9. The van der Waals surface area contributed by atoms with Gasteiger partial charge in [0, 0.05) is 36.6 Å². The molecular formula is C21H21ClN4O2. The van der Waals surface area contributed by atoms with Gasteiger partial charge in [-0.3, -0.25) is 4.90 Å². The van der Waals surface area contributed by atoms with E-state index in [0.29, 0.717) is 24.1 Å². The van der Waals surface area contributed by atoms with Crippen molar-refractivity contribution in [2.24, 2.45) is 4.99 Å². The van der Waals surface area contributed by atoms with Gasteiger partial charge in [-0.2, -0.15) is 0 Å². The highest BCUT2D eigenvalue weighted by molar-refractivity contribution is 6.31. The molecule has 5 rings (SSSR count). The molecule has 2 aliphatic heterocycles. The van der Waals surface area contributed by atoms with Crippen molar-refractivity contribution in [2.75, 3.05) is 33.3 Å². The number of halogens is 1. The Balaban J connectivity index is 1.57. The molecule has 6 nitrogen and oxygen atoms in total. The summed E-state index contributed by atoms with van der Waals surface area (Å²) in [6.45, 7) is 5.04. The zero-order valence-corrected chi connectivity index (χ0v) is 16.6. The largest absolute Gasteiger partial charge is 0.493 e. The number of hydrogen-bond acceptors (Lipinski definition) is 5. The van der Waals surface area contributed by atoms with Crippen LogP contribution in [-0.2, 0) is 4.74 Å². The van der Waals surface area contributed by atoms with Gasteiger partial charge < -0.3 is 13.9 Å². The standard InChI is InChI=1S/C21H21ClN4O2/c1-3-27-18-7-5-4-6-15(18)16-8-14(22)9-26-10-17(24-19(16)26)20-23-11-21(28-20)12-25(2)13-21/h4-10H,3,11-13H2,1-2H3. The van der Waals surface area contributed by atoms with Crippen LogP contribution in [0.5, 0.6) is 5.75 Å². The number of likely N-dealkylation sites (tertiary alicyclic amines) is 1. The van der Waals surface area contributed by atoms with Gasteiger partial charge in [0.15, 0.2) is 5.60 Å². The van der Waals surface area contributed by atoms with Crippen LogP contribution in [0.2, 0.25) is 5.02 Å². The van der Waals surface area contributed by atoms with Crippen LogP contribution < -0.4 is 4.74 Å². The number of imidazole rings is 1. The van der Waals surface area contributed by atoms with Gasteiger partial charge in [-0.15, -0.1) is 0 Å². The molecule has 0 unspecified atom stereocenters. The monoisotopic (exact) mass is 396 g/mol. The summed E-state index contributed by atoms with van der Waals surface area (Å²) in [5.41, 5.74) is 3.22. The number of pyridine rings is 1. The van der Waals surface area contributed by atoms with Crippen LogP contribution in [0, 0.1) is 0 Å². The zero-order chi connectivity index (χ0) is 19.3. The van der Waals surface area contributed by atoms with Gasteiger partial charge in [0.05, 0.1) is 18.2 Å². The second-order valence-corrected chi connectivity index (χ2v) is 7.87. The minimum Gasteiger partial charge on any atom is -0.493 e. The van der Waals surface area contributed by atoms with Crippen molar-refractivity contribution in [1.29, 1.82) is 0 Å². The number of aromatic nitrogens is 2. The third-order valence-corrected chi connectivity index (χ3v) is 5.36. The molecule has 0 radical (unpaired) electrons. The minimum absolute atomic E-state index is 0.179. The topological polar surface area (TPSA) is 51.4 Å². The Morgan fingerprint density at radius 3 is 2.82 bits per heavy atom. The van der Waals surface area contributed by atoms with Crippen molar-refractivity contribution in [2.45, 2.75) is 12.5 Å². The van der Waals surface area contributed by atoms with E-state index in [9.17, 15) is 0 Å². The van der Waals surface area contributed by atoms with Crippen LogP contribution in [0.3, 0.4) is 0 Å². The lowest BCUT2D eigenvalue weighted by molar-refractivity contribution is -0.0518. The number of ether oxygens (including phenoxy) is 2. The molecular weight excluding hydrogens is 376 g/mol. The number of benzene rings is 1. The van der Waals surface area contributed by atoms with E-state index >= 15 is 0 Å². The van der Waals surface area contributed by atoms with Gasteiger partial charge in [0.25, 0.3) is 0 Å². The van der Waals surface area contributed by atoms with Crippen molar-refractivity contribution in [3.63, 3.8) is 0 Å². The molecule has 0 atom stereocenters. The van der Waals surface area contributed by atoms with Crippen LogP contribution in [0.4, 0.5) is 0 Å². The van der Waals surface area contributed by atoms with Crippen molar-refractivity contribution >= 4 is 23.1 Å². The molecule has 1 aromatic carbocycles. The van der Waals surface area contributed by atoms with Gasteiger partial charge >= 0.3 is 0 Å². The summed E-state index contributed by atoms with van der Waals surface area (Å²) in [5, 5.41) is 0.629. The third kappa shape index (κ3) is 2.84. The maximum atomic E-state index is 6.41. The van der Waals surface area contributed by atoms with Gasteiger partial charge in [-0.25, -0.2) is 9.98 Å². The molecule has 1 saturated heterocycles. The number of nitrogens with zero attached hydrogens (tertiary/aromatic N) is 4. The number of hydrogen-bond donors (Lipinski definition) is 0. The van der Waals surface area contributed by atoms with Crippen LogP contribution in [0.25, 0.3) is 16.8 Å². The van der Waals surface area contributed by atoms with E-state index in [0.717, 1.165) is 41.3 Å². The maximum absolute atomic E-state index is 6.41. The van der Waals surface area contributed by atoms with Gasteiger partial charge in [-0.05, 0) is 26.1 Å². The van der Waals surface area contributed by atoms with Crippen LogP contribution in [0.15, 0.2) is 47.7 Å². The van der Waals surface area contributed by atoms with Gasteiger partial charge in [0.2, 0.25) is 5.90 Å². The van der Waals surface area contributed by atoms with Crippen LogP contribution >= 0.6 is 11.6 Å². The zero-order valence-electron chi connectivity index (χ0n) is 15.9. The van der Waals surface area contributed by atoms with Crippen molar-refractivity contribution in [3.8, 4) is 16.9 Å². The van der Waals surface area contributed by atoms with E-state index in [4.69, 9.17) is 26.1 Å². The second kappa shape index (κ2) is 6.50. The summed E-state index contributed by atoms with van der Waals surface area (Å²) in [6.07, 6.45) is 3.77. The number of aliphatic imine (C=N–C) groups is 1. The van der Waals surface area contributed by atoms with Crippen LogP contribution in [-0.4, -0.2) is 59.1 Å². The molecule has 3 aromatic rings. The SMILES string of the molecule is CCOc1ccccc1-c1cc(Cl)cn2cc(C3=NCC4(CN(C)C4)O3)nc12. The first-order valence-corrected chi connectivity index (χ1v) is 9.77. The highest BCUT2D eigenvalue weighted by Crippen LogP contribution is 2.35. The van der Waals surface area contributed by atoms with Gasteiger partial charge in [0.1, 0.15) is 17.1 Å². The summed E-state index contributed by atoms with van der Waals surface area (Å²) in [5.74, 6) is 1.42. The highest BCUT2D eigenvalue weighted by Gasteiger charge is 2.47. The quantitative estimate of drug-likeness (QED) is 0.677. The lowest BCUT2D eigenvalue weighted by atomic mass is 9.95. The molecule has 1 fully saturated rings.